The van der Waals surface area contributed by atoms with Gasteiger partial charge in [0.25, 0.3) is 0 Å². The summed E-state index contributed by atoms with van der Waals surface area (Å²) in [5.74, 6) is 0. The predicted molar refractivity (Wildman–Crippen MR) is 56.6 cm³/mol. The van der Waals surface area contributed by atoms with Crippen molar-refractivity contribution in [3.8, 4) is 0 Å². The topological polar surface area (TPSA) is 36.9 Å². The summed E-state index contributed by atoms with van der Waals surface area (Å²) in [7, 11) is 1.63. The minimum atomic E-state index is 0.0404. The van der Waals surface area contributed by atoms with Crippen LogP contribution in [0.4, 0.5) is 0 Å². The molecule has 0 aliphatic carbocycles. The van der Waals surface area contributed by atoms with Crippen LogP contribution in [0.1, 0.15) is 32.1 Å². The van der Waals surface area contributed by atoms with Crippen LogP contribution in [0, 0.1) is 0 Å². The van der Waals surface area contributed by atoms with E-state index >= 15 is 0 Å². The van der Waals surface area contributed by atoms with Crippen molar-refractivity contribution in [1.82, 2.24) is 0 Å². The van der Waals surface area contributed by atoms with Crippen LogP contribution in [-0.2, 0) is 18.9 Å². The molecule has 0 spiro atoms. The van der Waals surface area contributed by atoms with Crippen molar-refractivity contribution in [3.05, 3.63) is 0 Å². The Morgan fingerprint density at radius 3 is 2.80 bits per heavy atom. The van der Waals surface area contributed by atoms with E-state index in [2.05, 4.69) is 0 Å². The average Bonchev–Trinajstić information content (AvgIpc) is 2.29. The molecular formula is C11H22O4. The van der Waals surface area contributed by atoms with Crippen LogP contribution in [-0.4, -0.2) is 40.0 Å². The molecule has 1 fully saturated rings. The Balaban J connectivity index is 1.79. The molecule has 90 valence electrons. The van der Waals surface area contributed by atoms with Gasteiger partial charge in [0.2, 0.25) is 0 Å². The number of methoxy groups -OCH3 is 1. The highest BCUT2D eigenvalue weighted by Gasteiger charge is 2.13. The second kappa shape index (κ2) is 9.09. The van der Waals surface area contributed by atoms with Crippen molar-refractivity contribution in [3.63, 3.8) is 0 Å². The third-order valence-corrected chi connectivity index (χ3v) is 2.33. The molecule has 1 aliphatic heterocycles. The maximum absolute atomic E-state index is 5.58. The van der Waals surface area contributed by atoms with Crippen molar-refractivity contribution in [1.29, 1.82) is 0 Å². The molecule has 4 nitrogen and oxygen atoms in total. The predicted octanol–water partition coefficient (Wildman–Crippen LogP) is 1.93. The molecule has 15 heavy (non-hydrogen) atoms. The molecule has 0 aromatic carbocycles. The summed E-state index contributed by atoms with van der Waals surface area (Å²) in [6.07, 6.45) is 5.50. The highest BCUT2D eigenvalue weighted by molar-refractivity contribution is 4.53. The average molecular weight is 218 g/mol. The van der Waals surface area contributed by atoms with Crippen molar-refractivity contribution in [2.45, 2.75) is 38.4 Å². The second-order valence-electron chi connectivity index (χ2n) is 3.69. The molecule has 4 heteroatoms. The van der Waals surface area contributed by atoms with Crippen LogP contribution in [0.25, 0.3) is 0 Å². The molecule has 1 unspecified atom stereocenters. The maximum atomic E-state index is 5.58. The largest absolute Gasteiger partial charge is 0.359 e. The highest BCUT2D eigenvalue weighted by atomic mass is 16.7. The van der Waals surface area contributed by atoms with Gasteiger partial charge in [-0.25, -0.2) is 0 Å². The molecule has 1 rings (SSSR count). The van der Waals surface area contributed by atoms with Gasteiger partial charge in [-0.15, -0.1) is 0 Å². The molecule has 1 aliphatic rings. The van der Waals surface area contributed by atoms with E-state index in [4.69, 9.17) is 18.9 Å². The van der Waals surface area contributed by atoms with Gasteiger partial charge in [-0.2, -0.15) is 0 Å². The number of hydrogen-bond acceptors (Lipinski definition) is 4. The normalized spacial score (nSPS) is 21.8. The Hall–Kier alpha value is -0.160. The minimum Gasteiger partial charge on any atom is -0.359 e. The van der Waals surface area contributed by atoms with Crippen LogP contribution in [0.2, 0.25) is 0 Å². The maximum Gasteiger partial charge on any atom is 0.157 e. The van der Waals surface area contributed by atoms with E-state index in [1.807, 2.05) is 0 Å². The zero-order valence-electron chi connectivity index (χ0n) is 9.57. The fraction of sp³-hybridized carbons (Fsp3) is 1.00. The number of rotatable bonds is 8. The lowest BCUT2D eigenvalue weighted by Crippen LogP contribution is -2.22. The summed E-state index contributed by atoms with van der Waals surface area (Å²) in [6, 6.07) is 0. The molecular weight excluding hydrogens is 196 g/mol. The molecule has 0 aromatic heterocycles. The van der Waals surface area contributed by atoms with E-state index in [-0.39, 0.29) is 6.29 Å². The Morgan fingerprint density at radius 1 is 1.20 bits per heavy atom. The SMILES string of the molecule is COCOCCCCOC1CCCCO1. The summed E-state index contributed by atoms with van der Waals surface area (Å²) in [5, 5.41) is 0. The van der Waals surface area contributed by atoms with Gasteiger partial charge in [-0.3, -0.25) is 0 Å². The molecule has 0 aromatic rings. The quantitative estimate of drug-likeness (QED) is 0.461. The summed E-state index contributed by atoms with van der Waals surface area (Å²) in [5.41, 5.74) is 0. The van der Waals surface area contributed by atoms with E-state index in [1.165, 1.54) is 12.8 Å². The first kappa shape index (κ1) is 12.9. The van der Waals surface area contributed by atoms with Gasteiger partial charge in [0, 0.05) is 26.9 Å². The van der Waals surface area contributed by atoms with E-state index in [1.54, 1.807) is 7.11 Å². The fourth-order valence-electron chi connectivity index (χ4n) is 1.51. The van der Waals surface area contributed by atoms with Crippen molar-refractivity contribution >= 4 is 0 Å². The standard InChI is InChI=1S/C11H22O4/c1-12-10-13-7-4-5-9-15-11-6-2-3-8-14-11/h11H,2-10H2,1H3. The van der Waals surface area contributed by atoms with E-state index in [0.717, 1.165) is 39.1 Å². The first-order chi connectivity index (χ1) is 7.43. The van der Waals surface area contributed by atoms with Crippen molar-refractivity contribution < 1.29 is 18.9 Å². The Bertz CT molecular complexity index is 135. The number of ether oxygens (including phenoxy) is 4. The molecule has 1 atom stereocenters. The molecule has 0 radical (unpaired) electrons. The Morgan fingerprint density at radius 2 is 2.07 bits per heavy atom. The Kier molecular flexibility index (Phi) is 7.83. The third kappa shape index (κ3) is 6.84. The summed E-state index contributed by atoms with van der Waals surface area (Å²) >= 11 is 0. The van der Waals surface area contributed by atoms with Gasteiger partial charge < -0.3 is 18.9 Å². The van der Waals surface area contributed by atoms with Crippen LogP contribution < -0.4 is 0 Å². The lowest BCUT2D eigenvalue weighted by molar-refractivity contribution is -0.163. The van der Waals surface area contributed by atoms with Gasteiger partial charge in [0.1, 0.15) is 6.79 Å². The monoisotopic (exact) mass is 218 g/mol. The zero-order chi connectivity index (χ0) is 10.8. The van der Waals surface area contributed by atoms with Crippen LogP contribution >= 0.6 is 0 Å². The molecule has 0 bridgehead atoms. The first-order valence-corrected chi connectivity index (χ1v) is 5.73. The minimum absolute atomic E-state index is 0.0404. The third-order valence-electron chi connectivity index (χ3n) is 2.33. The van der Waals surface area contributed by atoms with E-state index in [9.17, 15) is 0 Å². The first-order valence-electron chi connectivity index (χ1n) is 5.73. The smallest absolute Gasteiger partial charge is 0.157 e. The molecule has 1 heterocycles. The molecule has 0 saturated carbocycles. The number of unbranched alkanes of at least 4 members (excludes halogenated alkanes) is 1. The van der Waals surface area contributed by atoms with Gasteiger partial charge in [0.15, 0.2) is 6.29 Å². The van der Waals surface area contributed by atoms with Gasteiger partial charge in [-0.05, 0) is 32.1 Å². The molecule has 0 N–H and O–H groups in total. The highest BCUT2D eigenvalue weighted by Crippen LogP contribution is 2.13. The molecule has 0 amide bonds. The summed E-state index contributed by atoms with van der Waals surface area (Å²) in [6.45, 7) is 2.73. The Labute approximate surface area is 91.8 Å². The second-order valence-corrected chi connectivity index (χ2v) is 3.69. The van der Waals surface area contributed by atoms with Crippen LogP contribution in [0.3, 0.4) is 0 Å². The summed E-state index contributed by atoms with van der Waals surface area (Å²) in [4.78, 5) is 0. The van der Waals surface area contributed by atoms with Crippen molar-refractivity contribution in [2.75, 3.05) is 33.7 Å². The van der Waals surface area contributed by atoms with Gasteiger partial charge in [0.05, 0.1) is 0 Å². The molecule has 1 saturated heterocycles. The summed E-state index contributed by atoms with van der Waals surface area (Å²) < 4.78 is 21.0. The van der Waals surface area contributed by atoms with Crippen LogP contribution in [0.5, 0.6) is 0 Å². The van der Waals surface area contributed by atoms with Gasteiger partial charge in [-0.1, -0.05) is 0 Å². The lowest BCUT2D eigenvalue weighted by Gasteiger charge is -2.22. The van der Waals surface area contributed by atoms with Gasteiger partial charge >= 0.3 is 0 Å². The fourth-order valence-corrected chi connectivity index (χ4v) is 1.51. The lowest BCUT2D eigenvalue weighted by atomic mass is 10.2. The number of hydrogen-bond donors (Lipinski definition) is 0. The van der Waals surface area contributed by atoms with E-state index < -0.39 is 0 Å². The van der Waals surface area contributed by atoms with E-state index in [0.29, 0.717) is 6.79 Å². The zero-order valence-corrected chi connectivity index (χ0v) is 9.57. The van der Waals surface area contributed by atoms with Crippen molar-refractivity contribution in [2.24, 2.45) is 0 Å². The van der Waals surface area contributed by atoms with Crippen LogP contribution in [0.15, 0.2) is 0 Å².